The number of benzene rings is 1. The zero-order valence-corrected chi connectivity index (χ0v) is 21.4. The Morgan fingerprint density at radius 3 is 2.56 bits per heavy atom. The lowest BCUT2D eigenvalue weighted by Crippen LogP contribution is -2.30. The fourth-order valence-electron chi connectivity index (χ4n) is 3.14. The Morgan fingerprint density at radius 1 is 1.16 bits per heavy atom. The highest BCUT2D eigenvalue weighted by molar-refractivity contribution is 9.10. The number of halogens is 3. The minimum absolute atomic E-state index is 0.0377. The molecule has 4 aromatic rings. The number of hydrogen-bond acceptors (Lipinski definition) is 6. The first-order chi connectivity index (χ1) is 15.0. The molecule has 1 amide bonds. The molecule has 12 heteroatoms. The van der Waals surface area contributed by atoms with Gasteiger partial charge in [-0.05, 0) is 55.3 Å². The maximum atomic E-state index is 12.8. The molecule has 0 unspecified atom stereocenters. The maximum absolute atomic E-state index is 12.8. The number of amides is 1. The number of aromatic nitrogens is 3. The van der Waals surface area contributed by atoms with Gasteiger partial charge >= 0.3 is 0 Å². The number of nitrogens with one attached hydrogen (secondary N) is 1. The molecule has 0 saturated heterocycles. The summed E-state index contributed by atoms with van der Waals surface area (Å²) in [7, 11) is -4.07. The molecule has 0 fully saturated rings. The highest BCUT2D eigenvalue weighted by Gasteiger charge is 2.23. The Bertz CT molecular complexity index is 1480. The standard InChI is InChI=1S/C20H15BrCl2N4O3S2/c1-10-7-15(20(28)26-32(29,30)17-6-5-16(23)31-17)25-19-18(10)24-11(2)27(19)9-12-3-4-13(21)8-14(12)22/h3-8H,9H2,1-2H3,(H,26,28). The summed E-state index contributed by atoms with van der Waals surface area (Å²) in [5.74, 6) is -0.153. The molecular formula is C20H15BrCl2N4O3S2. The van der Waals surface area contributed by atoms with Gasteiger partial charge < -0.3 is 4.57 Å². The molecule has 3 aromatic heterocycles. The SMILES string of the molecule is Cc1cc(C(=O)NS(=O)(=O)c2ccc(Cl)s2)nc2c1nc(C)n2Cc1ccc(Br)cc1Cl. The number of nitrogens with zero attached hydrogens (tertiary/aromatic N) is 3. The summed E-state index contributed by atoms with van der Waals surface area (Å²) in [4.78, 5) is 21.8. The van der Waals surface area contributed by atoms with Crippen LogP contribution in [0.3, 0.4) is 0 Å². The predicted octanol–water partition coefficient (Wildman–Crippen LogP) is 5.35. The normalized spacial score (nSPS) is 11.8. The van der Waals surface area contributed by atoms with Crippen LogP contribution in [0.1, 0.15) is 27.4 Å². The minimum atomic E-state index is -4.07. The Labute approximate surface area is 206 Å². The van der Waals surface area contributed by atoms with Crippen LogP contribution in [0.25, 0.3) is 11.2 Å². The van der Waals surface area contributed by atoms with Crippen LogP contribution in [-0.2, 0) is 16.6 Å². The molecule has 0 spiro atoms. The number of fused-ring (bicyclic) bond motifs is 1. The van der Waals surface area contributed by atoms with Crippen LogP contribution in [-0.4, -0.2) is 28.9 Å². The first-order valence-electron chi connectivity index (χ1n) is 9.16. The van der Waals surface area contributed by atoms with E-state index in [-0.39, 0.29) is 9.90 Å². The third-order valence-corrected chi connectivity index (χ3v) is 8.60. The zero-order chi connectivity index (χ0) is 23.2. The number of aryl methyl sites for hydroxylation is 2. The van der Waals surface area contributed by atoms with Crippen molar-refractivity contribution in [1.29, 1.82) is 0 Å². The van der Waals surface area contributed by atoms with E-state index in [0.29, 0.717) is 38.5 Å². The summed E-state index contributed by atoms with van der Waals surface area (Å²) in [5.41, 5.74) is 2.59. The second-order valence-electron chi connectivity index (χ2n) is 6.97. The third kappa shape index (κ3) is 4.55. The molecule has 0 aliphatic carbocycles. The number of carbonyl (C=O) groups is 1. The first-order valence-corrected chi connectivity index (χ1v) is 13.0. The molecule has 7 nitrogen and oxygen atoms in total. The van der Waals surface area contributed by atoms with E-state index in [4.69, 9.17) is 23.2 Å². The summed E-state index contributed by atoms with van der Waals surface area (Å²) in [6, 6.07) is 9.87. The van der Waals surface area contributed by atoms with Crippen LogP contribution < -0.4 is 4.72 Å². The second-order valence-corrected chi connectivity index (χ2v) is 11.9. The monoisotopic (exact) mass is 572 g/mol. The number of sulfonamides is 1. The van der Waals surface area contributed by atoms with Gasteiger partial charge in [0.2, 0.25) is 0 Å². The molecule has 0 bridgehead atoms. The number of carbonyl (C=O) groups excluding carboxylic acids is 1. The molecule has 166 valence electrons. The van der Waals surface area contributed by atoms with Crippen molar-refractivity contribution in [3.8, 4) is 0 Å². The Hall–Kier alpha value is -1.98. The summed E-state index contributed by atoms with van der Waals surface area (Å²) in [6.45, 7) is 4.01. The van der Waals surface area contributed by atoms with E-state index in [1.165, 1.54) is 18.2 Å². The molecule has 3 heterocycles. The van der Waals surface area contributed by atoms with Gasteiger partial charge in [0.05, 0.1) is 10.9 Å². The number of imidazole rings is 1. The van der Waals surface area contributed by atoms with Gasteiger partial charge in [-0.2, -0.15) is 0 Å². The molecule has 4 rings (SSSR count). The minimum Gasteiger partial charge on any atom is -0.308 e. The number of hydrogen-bond donors (Lipinski definition) is 1. The van der Waals surface area contributed by atoms with E-state index < -0.39 is 15.9 Å². The van der Waals surface area contributed by atoms with Crippen molar-refractivity contribution >= 4 is 77.6 Å². The van der Waals surface area contributed by atoms with Crippen LogP contribution in [0.15, 0.2) is 45.1 Å². The summed E-state index contributed by atoms with van der Waals surface area (Å²) in [5, 5.41) is 0.576. The van der Waals surface area contributed by atoms with Gasteiger partial charge in [0.25, 0.3) is 15.9 Å². The van der Waals surface area contributed by atoms with Crippen molar-refractivity contribution < 1.29 is 13.2 Å². The van der Waals surface area contributed by atoms with Crippen LogP contribution in [0.5, 0.6) is 0 Å². The topological polar surface area (TPSA) is 93.9 Å². The summed E-state index contributed by atoms with van der Waals surface area (Å²) >= 11 is 16.4. The maximum Gasteiger partial charge on any atom is 0.283 e. The fraction of sp³-hybridized carbons (Fsp3) is 0.150. The number of pyridine rings is 1. The molecule has 1 aromatic carbocycles. The molecular weight excluding hydrogens is 559 g/mol. The smallest absolute Gasteiger partial charge is 0.283 e. The highest BCUT2D eigenvalue weighted by atomic mass is 79.9. The molecule has 0 atom stereocenters. The lowest BCUT2D eigenvalue weighted by atomic mass is 10.2. The quantitative estimate of drug-likeness (QED) is 0.347. The molecule has 1 N–H and O–H groups in total. The van der Waals surface area contributed by atoms with Crippen molar-refractivity contribution in [2.75, 3.05) is 0 Å². The van der Waals surface area contributed by atoms with Gasteiger partial charge in [0.15, 0.2) is 5.65 Å². The van der Waals surface area contributed by atoms with Gasteiger partial charge in [-0.1, -0.05) is 45.2 Å². The van der Waals surface area contributed by atoms with Crippen LogP contribution in [0.2, 0.25) is 9.36 Å². The number of thiophene rings is 1. The molecule has 0 aliphatic heterocycles. The summed E-state index contributed by atoms with van der Waals surface area (Å²) in [6.07, 6.45) is 0. The lowest BCUT2D eigenvalue weighted by Gasteiger charge is -2.10. The largest absolute Gasteiger partial charge is 0.308 e. The molecule has 0 saturated carbocycles. The van der Waals surface area contributed by atoms with E-state index in [1.54, 1.807) is 13.0 Å². The van der Waals surface area contributed by atoms with E-state index >= 15 is 0 Å². The highest BCUT2D eigenvalue weighted by Crippen LogP contribution is 2.27. The molecule has 0 radical (unpaired) electrons. The van der Waals surface area contributed by atoms with Gasteiger partial charge in [0, 0.05) is 9.50 Å². The Balaban J connectivity index is 1.72. The van der Waals surface area contributed by atoms with Gasteiger partial charge in [-0.15, -0.1) is 11.3 Å². The third-order valence-electron chi connectivity index (χ3n) is 4.70. The van der Waals surface area contributed by atoms with E-state index in [9.17, 15) is 13.2 Å². The van der Waals surface area contributed by atoms with Crippen molar-refractivity contribution in [2.45, 2.75) is 24.6 Å². The van der Waals surface area contributed by atoms with Crippen molar-refractivity contribution in [3.05, 3.63) is 72.9 Å². The second kappa shape index (κ2) is 8.75. The van der Waals surface area contributed by atoms with Crippen molar-refractivity contribution in [3.63, 3.8) is 0 Å². The van der Waals surface area contributed by atoms with Crippen LogP contribution >= 0.6 is 50.5 Å². The van der Waals surface area contributed by atoms with Crippen LogP contribution in [0, 0.1) is 13.8 Å². The lowest BCUT2D eigenvalue weighted by molar-refractivity contribution is 0.0977. The van der Waals surface area contributed by atoms with E-state index in [0.717, 1.165) is 21.4 Å². The Kier molecular flexibility index (Phi) is 6.34. The molecule has 0 aliphatic rings. The van der Waals surface area contributed by atoms with Crippen molar-refractivity contribution in [1.82, 2.24) is 19.3 Å². The van der Waals surface area contributed by atoms with Gasteiger partial charge in [-0.25, -0.2) is 23.1 Å². The first kappa shape index (κ1) is 23.2. The summed E-state index contributed by atoms with van der Waals surface area (Å²) < 4.78 is 30.0. The average molecular weight is 574 g/mol. The van der Waals surface area contributed by atoms with Crippen molar-refractivity contribution in [2.24, 2.45) is 0 Å². The van der Waals surface area contributed by atoms with E-state index in [1.807, 2.05) is 23.6 Å². The zero-order valence-electron chi connectivity index (χ0n) is 16.7. The predicted molar refractivity (Wildman–Crippen MR) is 129 cm³/mol. The average Bonchev–Trinajstić information content (AvgIpc) is 3.28. The van der Waals surface area contributed by atoms with E-state index in [2.05, 4.69) is 30.6 Å². The van der Waals surface area contributed by atoms with Gasteiger partial charge in [-0.3, -0.25) is 4.79 Å². The molecule has 32 heavy (non-hydrogen) atoms. The van der Waals surface area contributed by atoms with Gasteiger partial charge in [0.1, 0.15) is 21.2 Å². The fourth-order valence-corrected chi connectivity index (χ4v) is 6.32. The number of rotatable bonds is 5. The Morgan fingerprint density at radius 2 is 1.91 bits per heavy atom. The van der Waals surface area contributed by atoms with Crippen LogP contribution in [0.4, 0.5) is 0 Å².